The molecule has 2 amide bonds. The molecule has 3 aromatic carbocycles. The molecule has 0 saturated heterocycles. The van der Waals surface area contributed by atoms with Crippen molar-refractivity contribution >= 4 is 44.8 Å². The van der Waals surface area contributed by atoms with Gasteiger partial charge in [0, 0.05) is 35.9 Å². The highest BCUT2D eigenvalue weighted by Gasteiger charge is 2.28. The van der Waals surface area contributed by atoms with E-state index in [0.29, 0.717) is 17.1 Å². The molecule has 0 fully saturated rings. The highest BCUT2D eigenvalue weighted by Crippen LogP contribution is 2.36. The number of rotatable bonds is 6. The molecule has 182 valence electrons. The molecule has 0 aromatic heterocycles. The first kappa shape index (κ1) is 24.6. The third-order valence-electron chi connectivity index (χ3n) is 5.43. The van der Waals surface area contributed by atoms with E-state index in [2.05, 4.69) is 5.32 Å². The molecule has 35 heavy (non-hydrogen) atoms. The van der Waals surface area contributed by atoms with E-state index >= 15 is 0 Å². The summed E-state index contributed by atoms with van der Waals surface area (Å²) < 4.78 is 45.3. The molecule has 0 unspecified atom stereocenters. The van der Waals surface area contributed by atoms with Crippen LogP contribution in [0.4, 0.5) is 15.8 Å². The number of carbonyl (C=O) groups is 2. The molecule has 0 radical (unpaired) electrons. The number of benzene rings is 3. The molecule has 8 nitrogen and oxygen atoms in total. The maximum absolute atomic E-state index is 14.3. The first-order valence-corrected chi connectivity index (χ1v) is 12.2. The Labute approximate surface area is 206 Å². The standard InChI is InChI=1S/C24H21ClFN3O5S/c1-28(2)35(32,33)17-9-6-15(7-10-17)24(31)27-16-8-11-22-21(12-16)29(23(30)14-34-22)13-18-19(25)4-3-5-20(18)26/h3-12H,13-14H2,1-2H3,(H,27,31). The molecule has 1 aliphatic rings. The molecule has 0 saturated carbocycles. The lowest BCUT2D eigenvalue weighted by molar-refractivity contribution is -0.121. The molecule has 0 atom stereocenters. The molecule has 0 spiro atoms. The largest absolute Gasteiger partial charge is 0.482 e. The Morgan fingerprint density at radius 3 is 2.51 bits per heavy atom. The maximum Gasteiger partial charge on any atom is 0.265 e. The summed E-state index contributed by atoms with van der Waals surface area (Å²) in [5.74, 6) is -1.01. The van der Waals surface area contributed by atoms with Gasteiger partial charge in [-0.15, -0.1) is 0 Å². The second kappa shape index (κ2) is 9.65. The Balaban J connectivity index is 1.58. The van der Waals surface area contributed by atoms with Crippen LogP contribution in [-0.2, 0) is 21.4 Å². The summed E-state index contributed by atoms with van der Waals surface area (Å²) in [5, 5.41) is 2.91. The van der Waals surface area contributed by atoms with Gasteiger partial charge < -0.3 is 15.0 Å². The summed E-state index contributed by atoms with van der Waals surface area (Å²) in [6, 6.07) is 14.5. The SMILES string of the molecule is CN(C)S(=O)(=O)c1ccc(C(=O)Nc2ccc3c(c2)N(Cc2c(F)cccc2Cl)C(=O)CO3)cc1. The molecule has 1 aliphatic heterocycles. The van der Waals surface area contributed by atoms with Crippen molar-refractivity contribution in [3.05, 3.63) is 82.6 Å². The van der Waals surface area contributed by atoms with Gasteiger partial charge in [0.05, 0.1) is 17.1 Å². The van der Waals surface area contributed by atoms with Gasteiger partial charge >= 0.3 is 0 Å². The van der Waals surface area contributed by atoms with Crippen LogP contribution in [0.15, 0.2) is 65.6 Å². The number of anilines is 2. The number of carbonyl (C=O) groups excluding carboxylic acids is 2. The van der Waals surface area contributed by atoms with Gasteiger partial charge in [-0.1, -0.05) is 17.7 Å². The zero-order valence-corrected chi connectivity index (χ0v) is 20.4. The molecule has 0 bridgehead atoms. The summed E-state index contributed by atoms with van der Waals surface area (Å²) in [6.07, 6.45) is 0. The number of fused-ring (bicyclic) bond motifs is 1. The number of amides is 2. The molecule has 11 heteroatoms. The topological polar surface area (TPSA) is 96.0 Å². The smallest absolute Gasteiger partial charge is 0.265 e. The maximum atomic E-state index is 14.3. The molecule has 1 heterocycles. The Morgan fingerprint density at radius 2 is 1.86 bits per heavy atom. The molecule has 4 rings (SSSR count). The van der Waals surface area contributed by atoms with Crippen molar-refractivity contribution in [3.8, 4) is 5.75 Å². The summed E-state index contributed by atoms with van der Waals surface area (Å²) in [7, 11) is -0.777. The second-order valence-corrected chi connectivity index (χ2v) is 10.5. The Kier molecular flexibility index (Phi) is 6.79. The lowest BCUT2D eigenvalue weighted by Crippen LogP contribution is -2.38. The Bertz CT molecular complexity index is 1390. The van der Waals surface area contributed by atoms with Gasteiger partial charge in [0.1, 0.15) is 11.6 Å². The van der Waals surface area contributed by atoms with E-state index in [0.717, 1.165) is 4.31 Å². The number of ether oxygens (including phenoxy) is 1. The van der Waals surface area contributed by atoms with Crippen molar-refractivity contribution in [2.45, 2.75) is 11.4 Å². The fourth-order valence-electron chi connectivity index (χ4n) is 3.49. The van der Waals surface area contributed by atoms with Gasteiger partial charge in [-0.05, 0) is 54.6 Å². The van der Waals surface area contributed by atoms with Gasteiger partial charge in [-0.3, -0.25) is 9.59 Å². The first-order chi connectivity index (χ1) is 16.6. The van der Waals surface area contributed by atoms with Crippen molar-refractivity contribution in [3.63, 3.8) is 0 Å². The number of nitrogens with one attached hydrogen (secondary N) is 1. The predicted molar refractivity (Wildman–Crippen MR) is 130 cm³/mol. The lowest BCUT2D eigenvalue weighted by atomic mass is 10.1. The second-order valence-electron chi connectivity index (χ2n) is 7.92. The number of sulfonamides is 1. The lowest BCUT2D eigenvalue weighted by Gasteiger charge is -2.30. The fraction of sp³-hybridized carbons (Fsp3) is 0.167. The molecular weight excluding hydrogens is 497 g/mol. The summed E-state index contributed by atoms with van der Waals surface area (Å²) in [4.78, 5) is 26.8. The average Bonchev–Trinajstić information content (AvgIpc) is 2.82. The average molecular weight is 518 g/mol. The number of hydrogen-bond donors (Lipinski definition) is 1. The van der Waals surface area contributed by atoms with Crippen molar-refractivity contribution in [1.29, 1.82) is 0 Å². The van der Waals surface area contributed by atoms with Crippen LogP contribution in [0.2, 0.25) is 5.02 Å². The highest BCUT2D eigenvalue weighted by atomic mass is 35.5. The number of halogens is 2. The monoisotopic (exact) mass is 517 g/mol. The van der Waals surface area contributed by atoms with E-state index in [1.807, 2.05) is 0 Å². The fourth-order valence-corrected chi connectivity index (χ4v) is 4.61. The summed E-state index contributed by atoms with van der Waals surface area (Å²) >= 11 is 6.14. The van der Waals surface area contributed by atoms with E-state index < -0.39 is 27.7 Å². The van der Waals surface area contributed by atoms with Crippen LogP contribution >= 0.6 is 11.6 Å². The van der Waals surface area contributed by atoms with E-state index in [1.54, 1.807) is 18.2 Å². The predicted octanol–water partition coefficient (Wildman–Crippen LogP) is 3.91. The van der Waals surface area contributed by atoms with Crippen molar-refractivity contribution in [1.82, 2.24) is 4.31 Å². The van der Waals surface area contributed by atoms with Crippen LogP contribution in [0, 0.1) is 5.82 Å². The van der Waals surface area contributed by atoms with Crippen LogP contribution < -0.4 is 15.0 Å². The normalized spacial score (nSPS) is 13.4. The minimum atomic E-state index is -3.62. The van der Waals surface area contributed by atoms with E-state index in [-0.39, 0.29) is 34.2 Å². The summed E-state index contributed by atoms with van der Waals surface area (Å²) in [5.41, 5.74) is 1.12. The van der Waals surface area contributed by atoms with E-state index in [1.165, 1.54) is 61.5 Å². The van der Waals surface area contributed by atoms with E-state index in [4.69, 9.17) is 16.3 Å². The number of hydrogen-bond acceptors (Lipinski definition) is 5. The quantitative estimate of drug-likeness (QED) is 0.535. The van der Waals surface area contributed by atoms with Gasteiger partial charge in [-0.2, -0.15) is 0 Å². The molecular formula is C24H21ClFN3O5S. The van der Waals surface area contributed by atoms with Gasteiger partial charge in [0.2, 0.25) is 10.0 Å². The zero-order chi connectivity index (χ0) is 25.3. The molecule has 0 aliphatic carbocycles. The van der Waals surface area contributed by atoms with Gasteiger partial charge in [-0.25, -0.2) is 17.1 Å². The minimum Gasteiger partial charge on any atom is -0.482 e. The minimum absolute atomic E-state index is 0.0611. The Morgan fingerprint density at radius 1 is 1.14 bits per heavy atom. The third-order valence-corrected chi connectivity index (χ3v) is 7.62. The molecule has 1 N–H and O–H groups in total. The van der Waals surface area contributed by atoms with Gasteiger partial charge in [0.25, 0.3) is 11.8 Å². The van der Waals surface area contributed by atoms with Crippen LogP contribution in [0.3, 0.4) is 0 Å². The van der Waals surface area contributed by atoms with E-state index in [9.17, 15) is 22.4 Å². The van der Waals surface area contributed by atoms with Crippen LogP contribution in [0.1, 0.15) is 15.9 Å². The molecule has 3 aromatic rings. The van der Waals surface area contributed by atoms with Crippen LogP contribution in [-0.4, -0.2) is 45.2 Å². The highest BCUT2D eigenvalue weighted by molar-refractivity contribution is 7.89. The number of nitrogens with zero attached hydrogens (tertiary/aromatic N) is 2. The zero-order valence-electron chi connectivity index (χ0n) is 18.8. The van der Waals surface area contributed by atoms with Crippen molar-refractivity contribution < 1.29 is 27.1 Å². The van der Waals surface area contributed by atoms with Gasteiger partial charge in [0.15, 0.2) is 6.61 Å². The third kappa shape index (κ3) is 5.00. The Hall–Kier alpha value is -3.47. The van der Waals surface area contributed by atoms with Crippen LogP contribution in [0.5, 0.6) is 5.75 Å². The van der Waals surface area contributed by atoms with Crippen LogP contribution in [0.25, 0.3) is 0 Å². The first-order valence-electron chi connectivity index (χ1n) is 10.4. The summed E-state index contributed by atoms with van der Waals surface area (Å²) in [6.45, 7) is -0.326. The van der Waals surface area contributed by atoms with Crippen molar-refractivity contribution in [2.24, 2.45) is 0 Å². The van der Waals surface area contributed by atoms with Crippen molar-refractivity contribution in [2.75, 3.05) is 30.9 Å².